The maximum atomic E-state index is 5.25. The van der Waals surface area contributed by atoms with Crippen LogP contribution in [0.2, 0.25) is 0 Å². The van der Waals surface area contributed by atoms with Crippen LogP contribution in [-0.2, 0) is 0 Å². The van der Waals surface area contributed by atoms with Gasteiger partial charge in [0.1, 0.15) is 0 Å². The highest BCUT2D eigenvalue weighted by molar-refractivity contribution is 6.00. The molecule has 4 rings (SSSR count). The van der Waals surface area contributed by atoms with E-state index < -0.39 is 0 Å². The second-order valence-corrected chi connectivity index (χ2v) is 11.9. The van der Waals surface area contributed by atoms with Crippen molar-refractivity contribution in [2.45, 2.75) is 117 Å². The Labute approximate surface area is 196 Å². The minimum Gasteiger partial charge on any atom is -0.284 e. The van der Waals surface area contributed by atoms with Crippen LogP contribution in [0.5, 0.6) is 0 Å². The van der Waals surface area contributed by atoms with Crippen LogP contribution < -0.4 is 0 Å². The first kappa shape index (κ1) is 23.6. The fraction of sp³-hybridized carbons (Fsp3) is 0.759. The molecule has 3 unspecified atom stereocenters. The minimum atomic E-state index is 0.423. The number of hydrogen-bond acceptors (Lipinski definition) is 3. The molecule has 3 aliphatic rings. The molecule has 176 valence electrons. The van der Waals surface area contributed by atoms with Gasteiger partial charge in [0.25, 0.3) is 0 Å². The van der Waals surface area contributed by atoms with E-state index in [-0.39, 0.29) is 0 Å². The Balaban J connectivity index is 1.43. The quantitative estimate of drug-likeness (QED) is 0.447. The van der Waals surface area contributed by atoms with Crippen LogP contribution in [0.3, 0.4) is 0 Å². The summed E-state index contributed by atoms with van der Waals surface area (Å²) in [5.41, 5.74) is 4.68. The van der Waals surface area contributed by atoms with Crippen LogP contribution in [-0.4, -0.2) is 28.5 Å². The van der Waals surface area contributed by atoms with Gasteiger partial charge in [-0.3, -0.25) is 9.98 Å². The SMILES string of the molecule is CC(=NC1CCC(C(C)(C)C)CC1)c1cccc(C(C)=NC2CCCC3CCCCC32)n1. The average molecular weight is 436 g/mol. The van der Waals surface area contributed by atoms with Gasteiger partial charge in [-0.2, -0.15) is 0 Å². The molecule has 32 heavy (non-hydrogen) atoms. The summed E-state index contributed by atoms with van der Waals surface area (Å²) < 4.78 is 0. The first-order valence-electron chi connectivity index (χ1n) is 13.4. The number of hydrogen-bond donors (Lipinski definition) is 0. The van der Waals surface area contributed by atoms with Crippen molar-refractivity contribution in [1.82, 2.24) is 4.98 Å². The molecule has 1 aromatic rings. The molecule has 0 radical (unpaired) electrons. The van der Waals surface area contributed by atoms with Crippen LogP contribution in [0.15, 0.2) is 28.2 Å². The second-order valence-electron chi connectivity index (χ2n) is 11.9. The van der Waals surface area contributed by atoms with E-state index in [0.29, 0.717) is 17.5 Å². The highest BCUT2D eigenvalue weighted by Gasteiger charge is 2.34. The Kier molecular flexibility index (Phi) is 7.52. The lowest BCUT2D eigenvalue weighted by molar-refractivity contribution is 0.148. The lowest BCUT2D eigenvalue weighted by atomic mass is 9.68. The zero-order valence-corrected chi connectivity index (χ0v) is 21.2. The monoisotopic (exact) mass is 435 g/mol. The van der Waals surface area contributed by atoms with Crippen molar-refractivity contribution in [3.8, 4) is 0 Å². The van der Waals surface area contributed by atoms with Crippen LogP contribution in [0.1, 0.15) is 117 Å². The molecule has 3 heteroatoms. The van der Waals surface area contributed by atoms with Gasteiger partial charge < -0.3 is 0 Å². The summed E-state index contributed by atoms with van der Waals surface area (Å²) >= 11 is 0. The number of nitrogens with zero attached hydrogens (tertiary/aromatic N) is 3. The fourth-order valence-electron chi connectivity index (χ4n) is 6.63. The highest BCUT2D eigenvalue weighted by atomic mass is 14.9. The standard InChI is InChI=1S/C29H45N3/c1-20(30-24-18-16-23(17-19-24)29(3,4)5)26-13-9-14-27(32-26)21(2)31-28-15-8-11-22-10-6-7-12-25(22)28/h9,13-14,22-25,28H,6-8,10-12,15-19H2,1-5H3. The van der Waals surface area contributed by atoms with Gasteiger partial charge in [-0.25, -0.2) is 4.98 Å². The van der Waals surface area contributed by atoms with Crippen molar-refractivity contribution in [3.05, 3.63) is 29.6 Å². The maximum absolute atomic E-state index is 5.25. The molecule has 3 fully saturated rings. The largest absolute Gasteiger partial charge is 0.284 e. The molecule has 1 aromatic heterocycles. The molecule has 0 amide bonds. The van der Waals surface area contributed by atoms with Gasteiger partial charge in [0.2, 0.25) is 0 Å². The molecule has 0 aliphatic heterocycles. The predicted molar refractivity (Wildman–Crippen MR) is 137 cm³/mol. The van der Waals surface area contributed by atoms with E-state index in [2.05, 4.69) is 52.8 Å². The van der Waals surface area contributed by atoms with E-state index in [1.54, 1.807) is 0 Å². The molecule has 0 aromatic carbocycles. The normalized spacial score (nSPS) is 32.5. The van der Waals surface area contributed by atoms with Gasteiger partial charge in [-0.05, 0) is 87.7 Å². The van der Waals surface area contributed by atoms with Gasteiger partial charge in [-0.15, -0.1) is 0 Å². The van der Waals surface area contributed by atoms with Gasteiger partial charge in [0, 0.05) is 0 Å². The summed E-state index contributed by atoms with van der Waals surface area (Å²) in [5.74, 6) is 2.56. The smallest absolute Gasteiger partial charge is 0.0845 e. The molecule has 3 atom stereocenters. The van der Waals surface area contributed by atoms with E-state index in [0.717, 1.165) is 40.6 Å². The van der Waals surface area contributed by atoms with Crippen molar-refractivity contribution < 1.29 is 0 Å². The summed E-state index contributed by atoms with van der Waals surface area (Å²) in [6.07, 6.45) is 14.7. The van der Waals surface area contributed by atoms with Crippen molar-refractivity contribution in [2.24, 2.45) is 33.2 Å². The molecule has 1 heterocycles. The topological polar surface area (TPSA) is 37.6 Å². The number of rotatable bonds is 4. The van der Waals surface area contributed by atoms with E-state index >= 15 is 0 Å². The summed E-state index contributed by atoms with van der Waals surface area (Å²) in [7, 11) is 0. The Morgan fingerprint density at radius 3 is 2.09 bits per heavy atom. The van der Waals surface area contributed by atoms with E-state index in [1.165, 1.54) is 70.6 Å². The molecular weight excluding hydrogens is 390 g/mol. The van der Waals surface area contributed by atoms with Crippen molar-refractivity contribution >= 4 is 11.4 Å². The maximum Gasteiger partial charge on any atom is 0.0845 e. The van der Waals surface area contributed by atoms with Gasteiger partial charge in [0.05, 0.1) is 34.9 Å². The third-order valence-corrected chi connectivity index (χ3v) is 8.68. The van der Waals surface area contributed by atoms with Crippen molar-refractivity contribution in [2.75, 3.05) is 0 Å². The van der Waals surface area contributed by atoms with Gasteiger partial charge >= 0.3 is 0 Å². The van der Waals surface area contributed by atoms with Crippen LogP contribution in [0.25, 0.3) is 0 Å². The molecule has 3 saturated carbocycles. The van der Waals surface area contributed by atoms with Gasteiger partial charge in [0.15, 0.2) is 0 Å². The molecule has 0 saturated heterocycles. The lowest BCUT2D eigenvalue weighted by Gasteiger charge is -2.39. The zero-order chi connectivity index (χ0) is 22.7. The summed E-state index contributed by atoms with van der Waals surface area (Å²) in [4.78, 5) is 15.4. The third kappa shape index (κ3) is 5.69. The Bertz CT molecular complexity index is 821. The van der Waals surface area contributed by atoms with Crippen LogP contribution >= 0.6 is 0 Å². The first-order chi connectivity index (χ1) is 15.3. The molecule has 0 N–H and O–H groups in total. The predicted octanol–water partition coefficient (Wildman–Crippen LogP) is 7.66. The molecule has 0 bridgehead atoms. The van der Waals surface area contributed by atoms with E-state index in [1.807, 2.05) is 0 Å². The number of aromatic nitrogens is 1. The molecular formula is C29H45N3. The Morgan fingerprint density at radius 1 is 0.781 bits per heavy atom. The Morgan fingerprint density at radius 2 is 1.41 bits per heavy atom. The second kappa shape index (κ2) is 10.2. The van der Waals surface area contributed by atoms with E-state index in [4.69, 9.17) is 15.0 Å². The average Bonchev–Trinajstić information content (AvgIpc) is 2.79. The summed E-state index contributed by atoms with van der Waals surface area (Å²) in [6, 6.07) is 7.35. The van der Waals surface area contributed by atoms with Crippen LogP contribution in [0, 0.1) is 23.2 Å². The molecule has 3 aliphatic carbocycles. The molecule has 0 spiro atoms. The first-order valence-corrected chi connectivity index (χ1v) is 13.4. The molecule has 3 nitrogen and oxygen atoms in total. The minimum absolute atomic E-state index is 0.423. The Hall–Kier alpha value is -1.51. The van der Waals surface area contributed by atoms with Crippen molar-refractivity contribution in [3.63, 3.8) is 0 Å². The van der Waals surface area contributed by atoms with E-state index in [9.17, 15) is 0 Å². The van der Waals surface area contributed by atoms with Crippen molar-refractivity contribution in [1.29, 1.82) is 0 Å². The third-order valence-electron chi connectivity index (χ3n) is 8.68. The number of aliphatic imine (C=N–C) groups is 2. The highest BCUT2D eigenvalue weighted by Crippen LogP contribution is 2.42. The zero-order valence-electron chi connectivity index (χ0n) is 21.2. The summed E-state index contributed by atoms with van der Waals surface area (Å²) in [6.45, 7) is 11.5. The lowest BCUT2D eigenvalue weighted by Crippen LogP contribution is -2.34. The number of pyridine rings is 1. The number of fused-ring (bicyclic) bond motifs is 1. The van der Waals surface area contributed by atoms with Gasteiger partial charge in [-0.1, -0.05) is 58.9 Å². The van der Waals surface area contributed by atoms with Crippen LogP contribution in [0.4, 0.5) is 0 Å². The summed E-state index contributed by atoms with van der Waals surface area (Å²) in [5, 5.41) is 0. The fourth-order valence-corrected chi connectivity index (χ4v) is 6.63.